The Bertz CT molecular complexity index is 613. The SMILES string of the molecule is Cc1csc(CN2C(=O)c3ccccc3C2=O)n1. The molecule has 0 saturated heterocycles. The zero-order valence-corrected chi connectivity index (χ0v) is 10.5. The molecular formula is C13H10N2O2S. The summed E-state index contributed by atoms with van der Waals surface area (Å²) in [5.41, 5.74) is 1.87. The number of amides is 2. The molecule has 5 heteroatoms. The van der Waals surface area contributed by atoms with Crippen LogP contribution in [0, 0.1) is 6.92 Å². The lowest BCUT2D eigenvalue weighted by atomic mass is 10.1. The van der Waals surface area contributed by atoms with E-state index in [9.17, 15) is 9.59 Å². The Morgan fingerprint density at radius 1 is 1.17 bits per heavy atom. The van der Waals surface area contributed by atoms with E-state index in [2.05, 4.69) is 4.98 Å². The van der Waals surface area contributed by atoms with Crippen LogP contribution in [0.25, 0.3) is 0 Å². The molecule has 1 aromatic heterocycles. The lowest BCUT2D eigenvalue weighted by molar-refractivity contribution is 0.0642. The number of carbonyl (C=O) groups excluding carboxylic acids is 2. The van der Waals surface area contributed by atoms with Gasteiger partial charge in [0.2, 0.25) is 0 Å². The molecule has 2 aromatic rings. The second-order valence-electron chi connectivity index (χ2n) is 4.12. The molecule has 0 N–H and O–H groups in total. The first-order valence-electron chi connectivity index (χ1n) is 5.53. The summed E-state index contributed by atoms with van der Waals surface area (Å²) in [6.45, 7) is 2.15. The van der Waals surface area contributed by atoms with Gasteiger partial charge in [0.25, 0.3) is 11.8 Å². The van der Waals surface area contributed by atoms with Gasteiger partial charge in [-0.25, -0.2) is 4.98 Å². The van der Waals surface area contributed by atoms with E-state index in [0.717, 1.165) is 10.7 Å². The van der Waals surface area contributed by atoms with E-state index < -0.39 is 0 Å². The molecule has 0 atom stereocenters. The number of benzene rings is 1. The summed E-state index contributed by atoms with van der Waals surface area (Å²) in [6, 6.07) is 6.90. The Kier molecular flexibility index (Phi) is 2.48. The summed E-state index contributed by atoms with van der Waals surface area (Å²) in [5.74, 6) is -0.466. The molecule has 0 radical (unpaired) electrons. The zero-order chi connectivity index (χ0) is 12.7. The molecule has 0 spiro atoms. The number of imide groups is 1. The number of hydrogen-bond donors (Lipinski definition) is 0. The van der Waals surface area contributed by atoms with Crippen LogP contribution >= 0.6 is 11.3 Å². The Balaban J connectivity index is 1.92. The standard InChI is InChI=1S/C13H10N2O2S/c1-8-7-18-11(14-8)6-15-12(16)9-4-2-3-5-10(9)13(15)17/h2-5,7H,6H2,1H3. The van der Waals surface area contributed by atoms with Crippen molar-refractivity contribution in [2.24, 2.45) is 0 Å². The van der Waals surface area contributed by atoms with Gasteiger partial charge in [-0.05, 0) is 19.1 Å². The number of fused-ring (bicyclic) bond motifs is 1. The second-order valence-corrected chi connectivity index (χ2v) is 5.07. The average Bonchev–Trinajstić information content (AvgIpc) is 2.88. The highest BCUT2D eigenvalue weighted by Crippen LogP contribution is 2.24. The van der Waals surface area contributed by atoms with Crippen LogP contribution in [0.2, 0.25) is 0 Å². The summed E-state index contributed by atoms with van der Waals surface area (Å²) in [6.07, 6.45) is 0. The van der Waals surface area contributed by atoms with Crippen molar-refractivity contribution in [3.05, 3.63) is 51.5 Å². The van der Waals surface area contributed by atoms with Gasteiger partial charge in [0.1, 0.15) is 5.01 Å². The van der Waals surface area contributed by atoms with Gasteiger partial charge in [0, 0.05) is 11.1 Å². The maximum atomic E-state index is 12.1. The molecule has 0 aliphatic carbocycles. The molecule has 0 bridgehead atoms. The third-order valence-electron chi connectivity index (χ3n) is 2.84. The van der Waals surface area contributed by atoms with Crippen LogP contribution in [0.3, 0.4) is 0 Å². The maximum absolute atomic E-state index is 12.1. The van der Waals surface area contributed by atoms with Crippen LogP contribution in [0.5, 0.6) is 0 Å². The van der Waals surface area contributed by atoms with Gasteiger partial charge in [0.15, 0.2) is 0 Å². The molecule has 1 aliphatic rings. The summed E-state index contributed by atoms with van der Waals surface area (Å²) in [5, 5.41) is 2.69. The predicted molar refractivity (Wildman–Crippen MR) is 67.5 cm³/mol. The number of carbonyl (C=O) groups is 2. The molecular weight excluding hydrogens is 248 g/mol. The lowest BCUT2D eigenvalue weighted by Crippen LogP contribution is -2.29. The minimum Gasteiger partial charge on any atom is -0.269 e. The zero-order valence-electron chi connectivity index (χ0n) is 9.71. The van der Waals surface area contributed by atoms with Crippen LogP contribution in [0.1, 0.15) is 31.4 Å². The Morgan fingerprint density at radius 2 is 1.78 bits per heavy atom. The van der Waals surface area contributed by atoms with Gasteiger partial charge in [-0.2, -0.15) is 0 Å². The molecule has 0 saturated carbocycles. The van der Waals surface area contributed by atoms with E-state index in [1.54, 1.807) is 24.3 Å². The number of aryl methyl sites for hydroxylation is 1. The van der Waals surface area contributed by atoms with Crippen LogP contribution in [-0.2, 0) is 6.54 Å². The van der Waals surface area contributed by atoms with Crippen molar-refractivity contribution < 1.29 is 9.59 Å². The van der Waals surface area contributed by atoms with Gasteiger partial charge in [-0.15, -0.1) is 11.3 Å². The number of thiazole rings is 1. The topological polar surface area (TPSA) is 50.3 Å². The summed E-state index contributed by atoms with van der Waals surface area (Å²) >= 11 is 1.46. The van der Waals surface area contributed by atoms with E-state index >= 15 is 0 Å². The number of hydrogen-bond acceptors (Lipinski definition) is 4. The normalized spacial score (nSPS) is 14.2. The van der Waals surface area contributed by atoms with E-state index in [0.29, 0.717) is 11.1 Å². The highest BCUT2D eigenvalue weighted by Gasteiger charge is 2.35. The van der Waals surface area contributed by atoms with E-state index in [1.807, 2.05) is 12.3 Å². The molecule has 3 rings (SSSR count). The third-order valence-corrected chi connectivity index (χ3v) is 3.79. The minimum atomic E-state index is -0.233. The first-order chi connectivity index (χ1) is 8.66. The summed E-state index contributed by atoms with van der Waals surface area (Å²) in [7, 11) is 0. The monoisotopic (exact) mass is 258 g/mol. The highest BCUT2D eigenvalue weighted by atomic mass is 32.1. The second kappa shape index (κ2) is 4.03. The molecule has 4 nitrogen and oxygen atoms in total. The quantitative estimate of drug-likeness (QED) is 0.776. The van der Waals surface area contributed by atoms with Crippen LogP contribution in [0.15, 0.2) is 29.6 Å². The fourth-order valence-corrected chi connectivity index (χ4v) is 2.75. The summed E-state index contributed by atoms with van der Waals surface area (Å²) < 4.78 is 0. The van der Waals surface area contributed by atoms with Gasteiger partial charge in [-0.3, -0.25) is 14.5 Å². The van der Waals surface area contributed by atoms with Crippen LogP contribution in [0.4, 0.5) is 0 Å². The Hall–Kier alpha value is -2.01. The molecule has 2 heterocycles. The van der Waals surface area contributed by atoms with Crippen molar-refractivity contribution in [1.29, 1.82) is 0 Å². The van der Waals surface area contributed by atoms with Gasteiger partial charge in [-0.1, -0.05) is 12.1 Å². The van der Waals surface area contributed by atoms with E-state index in [-0.39, 0.29) is 18.4 Å². The fourth-order valence-electron chi connectivity index (χ4n) is 1.99. The average molecular weight is 258 g/mol. The molecule has 1 aliphatic heterocycles. The van der Waals surface area contributed by atoms with Crippen molar-refractivity contribution in [2.75, 3.05) is 0 Å². The van der Waals surface area contributed by atoms with Gasteiger partial charge >= 0.3 is 0 Å². The first kappa shape index (κ1) is 11.1. The predicted octanol–water partition coefficient (Wildman–Crippen LogP) is 2.25. The molecule has 18 heavy (non-hydrogen) atoms. The molecule has 0 unspecified atom stereocenters. The maximum Gasteiger partial charge on any atom is 0.261 e. The fraction of sp³-hybridized carbons (Fsp3) is 0.154. The van der Waals surface area contributed by atoms with Gasteiger partial charge < -0.3 is 0 Å². The van der Waals surface area contributed by atoms with Crippen LogP contribution in [-0.4, -0.2) is 21.7 Å². The first-order valence-corrected chi connectivity index (χ1v) is 6.41. The smallest absolute Gasteiger partial charge is 0.261 e. The largest absolute Gasteiger partial charge is 0.269 e. The minimum absolute atomic E-state index is 0.233. The van der Waals surface area contributed by atoms with Crippen molar-refractivity contribution in [3.8, 4) is 0 Å². The number of rotatable bonds is 2. The Morgan fingerprint density at radius 3 is 2.28 bits per heavy atom. The van der Waals surface area contributed by atoms with Gasteiger partial charge in [0.05, 0.1) is 17.7 Å². The van der Waals surface area contributed by atoms with E-state index in [1.165, 1.54) is 16.2 Å². The van der Waals surface area contributed by atoms with Crippen molar-refractivity contribution >= 4 is 23.2 Å². The van der Waals surface area contributed by atoms with Crippen molar-refractivity contribution in [2.45, 2.75) is 13.5 Å². The molecule has 1 aromatic carbocycles. The lowest BCUT2D eigenvalue weighted by Gasteiger charge is -2.11. The van der Waals surface area contributed by atoms with Crippen molar-refractivity contribution in [1.82, 2.24) is 9.88 Å². The highest BCUT2D eigenvalue weighted by molar-refractivity contribution is 7.09. The van der Waals surface area contributed by atoms with Crippen molar-refractivity contribution in [3.63, 3.8) is 0 Å². The molecule has 2 amide bonds. The van der Waals surface area contributed by atoms with E-state index in [4.69, 9.17) is 0 Å². The number of aromatic nitrogens is 1. The Labute approximate surface area is 108 Å². The molecule has 0 fully saturated rings. The third kappa shape index (κ3) is 1.64. The van der Waals surface area contributed by atoms with Crippen LogP contribution < -0.4 is 0 Å². The molecule has 90 valence electrons. The summed E-state index contributed by atoms with van der Waals surface area (Å²) in [4.78, 5) is 29.7. The number of nitrogens with zero attached hydrogens (tertiary/aromatic N) is 2.